The fraction of sp³-hybridized carbons (Fsp3) is 0.421. The lowest BCUT2D eigenvalue weighted by Crippen LogP contribution is -2.31. The van der Waals surface area contributed by atoms with E-state index in [9.17, 15) is 13.2 Å². The molecule has 2 aliphatic rings. The molecular weight excluding hydrogens is 322 g/mol. The average molecular weight is 343 g/mol. The third-order valence-corrected chi connectivity index (χ3v) is 7.06. The summed E-state index contributed by atoms with van der Waals surface area (Å²) in [6.45, 7) is 0.485. The van der Waals surface area contributed by atoms with E-state index in [-0.39, 0.29) is 29.2 Å². The lowest BCUT2D eigenvalue weighted by molar-refractivity contribution is -0.122. The van der Waals surface area contributed by atoms with Gasteiger partial charge in [0.15, 0.2) is 9.84 Å². The molecule has 1 saturated heterocycles. The summed E-state index contributed by atoms with van der Waals surface area (Å²) < 4.78 is 22.9. The number of carbonyl (C=O) groups excluding carboxylic acids is 1. The van der Waals surface area contributed by atoms with E-state index in [0.717, 1.165) is 6.42 Å². The van der Waals surface area contributed by atoms with Gasteiger partial charge in [-0.05, 0) is 41.0 Å². The van der Waals surface area contributed by atoms with E-state index in [2.05, 4.69) is 35.6 Å². The van der Waals surface area contributed by atoms with Crippen LogP contribution in [0, 0.1) is 11.8 Å². The molecule has 0 aromatic heterocycles. The van der Waals surface area contributed by atoms with Gasteiger partial charge in [-0.3, -0.25) is 4.79 Å². The lowest BCUT2D eigenvalue weighted by Gasteiger charge is -2.09. The van der Waals surface area contributed by atoms with Gasteiger partial charge in [0.1, 0.15) is 0 Å². The van der Waals surface area contributed by atoms with Crippen LogP contribution in [-0.2, 0) is 14.6 Å². The van der Waals surface area contributed by atoms with Crippen molar-refractivity contribution in [2.75, 3.05) is 18.1 Å². The molecule has 1 heterocycles. The highest BCUT2D eigenvalue weighted by molar-refractivity contribution is 7.91. The number of hydrogen-bond acceptors (Lipinski definition) is 3. The second-order valence-electron chi connectivity index (χ2n) is 7.07. The molecule has 4 rings (SSSR count). The molecule has 1 saturated carbocycles. The van der Waals surface area contributed by atoms with Crippen molar-refractivity contribution in [2.45, 2.75) is 18.8 Å². The smallest absolute Gasteiger partial charge is 0.223 e. The van der Waals surface area contributed by atoms with E-state index >= 15 is 0 Å². The molecule has 0 radical (unpaired) electrons. The summed E-state index contributed by atoms with van der Waals surface area (Å²) in [5.41, 5.74) is 1.22. The minimum Gasteiger partial charge on any atom is -0.356 e. The highest BCUT2D eigenvalue weighted by Crippen LogP contribution is 2.48. The van der Waals surface area contributed by atoms with Gasteiger partial charge in [-0.15, -0.1) is 0 Å². The Kier molecular flexibility index (Phi) is 3.83. The third-order valence-electron chi connectivity index (χ3n) is 5.22. The molecule has 1 amide bonds. The molecule has 0 spiro atoms. The van der Waals surface area contributed by atoms with E-state index in [1.54, 1.807) is 0 Å². The van der Waals surface area contributed by atoms with Gasteiger partial charge in [0.2, 0.25) is 5.91 Å². The molecule has 3 atom stereocenters. The van der Waals surface area contributed by atoms with Gasteiger partial charge in [0, 0.05) is 12.5 Å². The molecule has 5 heteroatoms. The first-order valence-corrected chi connectivity index (χ1v) is 10.3. The second kappa shape index (κ2) is 5.88. The summed E-state index contributed by atoms with van der Waals surface area (Å²) in [4.78, 5) is 12.3. The normalized spacial score (nSPS) is 27.9. The molecule has 4 nitrogen and oxygen atoms in total. The molecule has 24 heavy (non-hydrogen) atoms. The largest absolute Gasteiger partial charge is 0.356 e. The van der Waals surface area contributed by atoms with Crippen LogP contribution in [0.4, 0.5) is 0 Å². The number of carbonyl (C=O) groups is 1. The molecule has 1 N–H and O–H groups in total. The Balaban J connectivity index is 1.36. The van der Waals surface area contributed by atoms with Gasteiger partial charge < -0.3 is 5.32 Å². The average Bonchev–Trinajstić information content (AvgIpc) is 3.30. The Hall–Kier alpha value is -1.88. The Morgan fingerprint density at radius 1 is 1.12 bits per heavy atom. The van der Waals surface area contributed by atoms with E-state index in [1.807, 2.05) is 12.1 Å². The first kappa shape index (κ1) is 15.6. The highest BCUT2D eigenvalue weighted by Gasteiger charge is 2.44. The molecule has 2 aromatic rings. The van der Waals surface area contributed by atoms with E-state index in [4.69, 9.17) is 0 Å². The first-order chi connectivity index (χ1) is 11.5. The zero-order chi connectivity index (χ0) is 16.7. The number of hydrogen-bond donors (Lipinski definition) is 1. The van der Waals surface area contributed by atoms with Crippen molar-refractivity contribution in [3.8, 4) is 0 Å². The molecule has 1 aliphatic carbocycles. The second-order valence-corrected chi connectivity index (χ2v) is 9.30. The summed E-state index contributed by atoms with van der Waals surface area (Å²) in [7, 11) is -2.87. The van der Waals surface area contributed by atoms with Crippen molar-refractivity contribution in [3.05, 3.63) is 48.0 Å². The fourth-order valence-electron chi connectivity index (χ4n) is 3.70. The van der Waals surface area contributed by atoms with Crippen molar-refractivity contribution in [1.29, 1.82) is 0 Å². The minimum atomic E-state index is -2.87. The highest BCUT2D eigenvalue weighted by atomic mass is 32.2. The summed E-state index contributed by atoms with van der Waals surface area (Å²) in [5, 5.41) is 5.38. The van der Waals surface area contributed by atoms with Crippen LogP contribution in [-0.4, -0.2) is 32.4 Å². The topological polar surface area (TPSA) is 63.2 Å². The van der Waals surface area contributed by atoms with Crippen LogP contribution in [0.3, 0.4) is 0 Å². The number of benzene rings is 2. The maximum absolute atomic E-state index is 12.3. The molecule has 0 bridgehead atoms. The molecule has 2 fully saturated rings. The Bertz CT molecular complexity index is 890. The van der Waals surface area contributed by atoms with Crippen molar-refractivity contribution in [3.63, 3.8) is 0 Å². The van der Waals surface area contributed by atoms with Gasteiger partial charge in [-0.2, -0.15) is 0 Å². The monoisotopic (exact) mass is 343 g/mol. The zero-order valence-corrected chi connectivity index (χ0v) is 14.3. The number of amides is 1. The van der Waals surface area contributed by atoms with Crippen molar-refractivity contribution in [1.82, 2.24) is 5.32 Å². The molecule has 1 aliphatic heterocycles. The molecular formula is C19H21NO3S. The Labute approximate surface area is 142 Å². The van der Waals surface area contributed by atoms with Crippen molar-refractivity contribution < 1.29 is 13.2 Å². The minimum absolute atomic E-state index is 0.0316. The number of fused-ring (bicyclic) bond motifs is 1. The van der Waals surface area contributed by atoms with E-state index in [0.29, 0.717) is 18.9 Å². The van der Waals surface area contributed by atoms with Crippen LogP contribution in [0.15, 0.2) is 42.5 Å². The van der Waals surface area contributed by atoms with Gasteiger partial charge in [0.25, 0.3) is 0 Å². The van der Waals surface area contributed by atoms with Crippen molar-refractivity contribution >= 4 is 26.5 Å². The van der Waals surface area contributed by atoms with E-state index < -0.39 is 9.84 Å². The standard InChI is InChI=1S/C19H21NO3S/c21-19(20-11-13-7-8-24(22,23)12-13)18-10-17(18)16-6-5-14-3-1-2-4-15(14)9-16/h1-6,9,13,17-18H,7-8,10-12H2,(H,20,21). The third kappa shape index (κ3) is 3.18. The SMILES string of the molecule is O=C(NCC1CCS(=O)(=O)C1)C1CC1c1ccc2ccccc2c1. The molecule has 3 unspecified atom stereocenters. The van der Waals surface area contributed by atoms with E-state index in [1.165, 1.54) is 16.3 Å². The predicted octanol–water partition coefficient (Wildman–Crippen LogP) is 2.49. The van der Waals surface area contributed by atoms with Gasteiger partial charge in [-0.1, -0.05) is 42.5 Å². The summed E-state index contributed by atoms with van der Waals surface area (Å²) in [6, 6.07) is 14.6. The number of rotatable bonds is 4. The molecule has 126 valence electrons. The first-order valence-electron chi connectivity index (χ1n) is 8.49. The van der Waals surface area contributed by atoms with Crippen LogP contribution < -0.4 is 5.32 Å². The number of nitrogens with one attached hydrogen (secondary N) is 1. The Morgan fingerprint density at radius 2 is 1.92 bits per heavy atom. The summed E-state index contributed by atoms with van der Waals surface area (Å²) in [5.74, 6) is 0.947. The summed E-state index contributed by atoms with van der Waals surface area (Å²) in [6.07, 6.45) is 1.55. The molecule has 2 aromatic carbocycles. The predicted molar refractivity (Wildman–Crippen MR) is 94.6 cm³/mol. The maximum Gasteiger partial charge on any atom is 0.223 e. The quantitative estimate of drug-likeness (QED) is 0.928. The number of sulfone groups is 1. The van der Waals surface area contributed by atoms with Crippen LogP contribution >= 0.6 is 0 Å². The van der Waals surface area contributed by atoms with Crippen LogP contribution in [0.25, 0.3) is 10.8 Å². The zero-order valence-electron chi connectivity index (χ0n) is 13.4. The lowest BCUT2D eigenvalue weighted by atomic mass is 10.0. The van der Waals surface area contributed by atoms with Crippen LogP contribution in [0.2, 0.25) is 0 Å². The van der Waals surface area contributed by atoms with Crippen LogP contribution in [0.5, 0.6) is 0 Å². The maximum atomic E-state index is 12.3. The Morgan fingerprint density at radius 3 is 2.67 bits per heavy atom. The van der Waals surface area contributed by atoms with Crippen molar-refractivity contribution in [2.24, 2.45) is 11.8 Å². The fourth-order valence-corrected chi connectivity index (χ4v) is 5.56. The van der Waals surface area contributed by atoms with Gasteiger partial charge >= 0.3 is 0 Å². The van der Waals surface area contributed by atoms with Gasteiger partial charge in [-0.25, -0.2) is 8.42 Å². The van der Waals surface area contributed by atoms with Gasteiger partial charge in [0.05, 0.1) is 11.5 Å². The summed E-state index contributed by atoms with van der Waals surface area (Å²) >= 11 is 0. The van der Waals surface area contributed by atoms with Crippen LogP contribution in [0.1, 0.15) is 24.3 Å².